The van der Waals surface area contributed by atoms with E-state index in [1.54, 1.807) is 0 Å². The Balaban J connectivity index is 1.62. The van der Waals surface area contributed by atoms with Crippen LogP contribution in [0.1, 0.15) is 11.8 Å². The summed E-state index contributed by atoms with van der Waals surface area (Å²) in [6.45, 7) is -0.952. The first kappa shape index (κ1) is 20.4. The molecule has 0 radical (unpaired) electrons. The number of benzene rings is 1. The summed E-state index contributed by atoms with van der Waals surface area (Å²) in [5.74, 6) is -6.84. The number of hydrogen-bond donors (Lipinski definition) is 4. The molecule has 1 aromatic carbocycles. The van der Waals surface area contributed by atoms with E-state index in [9.17, 15) is 32.9 Å². The molecule has 2 aromatic heterocycles. The summed E-state index contributed by atoms with van der Waals surface area (Å²) in [4.78, 5) is 12.1. The molecule has 9 nitrogen and oxygen atoms in total. The predicted octanol–water partition coefficient (Wildman–Crippen LogP) is 0.606. The number of aliphatic hydroxyl groups is 3. The first-order valence-electron chi connectivity index (χ1n) is 8.69. The second kappa shape index (κ2) is 7.75. The highest BCUT2D eigenvalue weighted by atomic mass is 19.2. The maximum atomic E-state index is 13.9. The van der Waals surface area contributed by atoms with Crippen molar-refractivity contribution in [3.63, 3.8) is 0 Å². The summed E-state index contributed by atoms with van der Waals surface area (Å²) >= 11 is 0. The van der Waals surface area contributed by atoms with Crippen molar-refractivity contribution in [2.24, 2.45) is 0 Å². The van der Waals surface area contributed by atoms with Crippen molar-refractivity contribution >= 4 is 17.0 Å². The van der Waals surface area contributed by atoms with E-state index in [1.807, 2.05) is 0 Å². The van der Waals surface area contributed by atoms with Crippen LogP contribution in [0, 0.1) is 23.3 Å². The number of aliphatic hydroxyl groups excluding tert-OH is 3. The van der Waals surface area contributed by atoms with Gasteiger partial charge in [0.05, 0.1) is 12.9 Å². The Morgan fingerprint density at radius 3 is 2.50 bits per heavy atom. The molecule has 0 saturated carbocycles. The molecule has 4 N–H and O–H groups in total. The van der Waals surface area contributed by atoms with Crippen molar-refractivity contribution in [1.29, 1.82) is 0 Å². The van der Waals surface area contributed by atoms with Gasteiger partial charge in [0, 0.05) is 12.1 Å². The van der Waals surface area contributed by atoms with Gasteiger partial charge in [-0.3, -0.25) is 4.57 Å². The monoisotopic (exact) mass is 429 g/mol. The van der Waals surface area contributed by atoms with Crippen molar-refractivity contribution < 1.29 is 37.6 Å². The van der Waals surface area contributed by atoms with Crippen LogP contribution < -0.4 is 5.32 Å². The highest BCUT2D eigenvalue weighted by molar-refractivity contribution is 5.82. The molecule has 160 valence electrons. The van der Waals surface area contributed by atoms with E-state index in [1.165, 1.54) is 10.9 Å². The van der Waals surface area contributed by atoms with Crippen LogP contribution >= 0.6 is 0 Å². The third-order valence-electron chi connectivity index (χ3n) is 4.77. The molecule has 13 heteroatoms. The van der Waals surface area contributed by atoms with Gasteiger partial charge in [-0.2, -0.15) is 0 Å². The van der Waals surface area contributed by atoms with Crippen LogP contribution in [0.5, 0.6) is 0 Å². The SMILES string of the molecule is OC[C@H]1O[C@@H](n2cnc3c(NCc4cc(F)c(F)c(F)c4F)ncnc32)[C@H](O)[C@@H]1O. The molecule has 0 amide bonds. The molecule has 30 heavy (non-hydrogen) atoms. The average molecular weight is 429 g/mol. The van der Waals surface area contributed by atoms with Gasteiger partial charge in [-0.25, -0.2) is 32.5 Å². The predicted molar refractivity (Wildman–Crippen MR) is 91.9 cm³/mol. The molecule has 0 unspecified atom stereocenters. The van der Waals surface area contributed by atoms with E-state index in [-0.39, 0.29) is 17.0 Å². The second-order valence-electron chi connectivity index (χ2n) is 6.59. The van der Waals surface area contributed by atoms with E-state index < -0.39 is 66.5 Å². The molecular weight excluding hydrogens is 414 g/mol. The fourth-order valence-corrected chi connectivity index (χ4v) is 3.21. The summed E-state index contributed by atoms with van der Waals surface area (Å²) < 4.78 is 60.5. The van der Waals surface area contributed by atoms with Crippen LogP contribution in [-0.4, -0.2) is 59.8 Å². The number of anilines is 1. The lowest BCUT2D eigenvalue weighted by molar-refractivity contribution is -0.0511. The minimum atomic E-state index is -1.92. The summed E-state index contributed by atoms with van der Waals surface area (Å²) in [5.41, 5.74) is -0.154. The minimum Gasteiger partial charge on any atom is -0.394 e. The normalized spacial score (nSPS) is 24.0. The molecule has 1 fully saturated rings. The van der Waals surface area contributed by atoms with Gasteiger partial charge in [0.2, 0.25) is 0 Å². The minimum absolute atomic E-state index is 0.0648. The van der Waals surface area contributed by atoms with Crippen molar-refractivity contribution in [3.8, 4) is 0 Å². The van der Waals surface area contributed by atoms with E-state index >= 15 is 0 Å². The number of imidazole rings is 1. The van der Waals surface area contributed by atoms with E-state index in [0.717, 1.165) is 6.33 Å². The molecule has 1 aliphatic rings. The number of halogens is 4. The Morgan fingerprint density at radius 2 is 1.80 bits per heavy atom. The van der Waals surface area contributed by atoms with E-state index in [4.69, 9.17) is 4.74 Å². The first-order valence-corrected chi connectivity index (χ1v) is 8.69. The average Bonchev–Trinajstić information content (AvgIpc) is 3.29. The van der Waals surface area contributed by atoms with E-state index in [2.05, 4.69) is 20.3 Å². The van der Waals surface area contributed by atoms with Gasteiger partial charge in [0.1, 0.15) is 24.6 Å². The zero-order valence-corrected chi connectivity index (χ0v) is 15.0. The molecule has 3 aromatic rings. The summed E-state index contributed by atoms with van der Waals surface area (Å²) in [6.07, 6.45) is -2.43. The van der Waals surface area contributed by atoms with Crippen LogP contribution in [0.4, 0.5) is 23.4 Å². The van der Waals surface area contributed by atoms with E-state index in [0.29, 0.717) is 6.07 Å². The fourth-order valence-electron chi connectivity index (χ4n) is 3.21. The largest absolute Gasteiger partial charge is 0.394 e. The van der Waals surface area contributed by atoms with Gasteiger partial charge in [0.25, 0.3) is 0 Å². The first-order chi connectivity index (χ1) is 14.3. The smallest absolute Gasteiger partial charge is 0.197 e. The molecular formula is C17H15F4N5O4. The Hall–Kier alpha value is -2.87. The van der Waals surface area contributed by atoms with Gasteiger partial charge in [0.15, 0.2) is 46.5 Å². The highest BCUT2D eigenvalue weighted by Gasteiger charge is 2.44. The van der Waals surface area contributed by atoms with Crippen molar-refractivity contribution in [1.82, 2.24) is 19.5 Å². The summed E-state index contributed by atoms with van der Waals surface area (Å²) in [6, 6.07) is 0.525. The number of hydrogen-bond acceptors (Lipinski definition) is 8. The molecule has 0 spiro atoms. The summed E-state index contributed by atoms with van der Waals surface area (Å²) in [5, 5.41) is 32.0. The summed E-state index contributed by atoms with van der Waals surface area (Å²) in [7, 11) is 0. The van der Waals surface area contributed by atoms with Crippen molar-refractivity contribution in [3.05, 3.63) is 47.6 Å². The number of rotatable bonds is 5. The Morgan fingerprint density at radius 1 is 1.03 bits per heavy atom. The third-order valence-corrected chi connectivity index (χ3v) is 4.77. The van der Waals surface area contributed by atoms with Gasteiger partial charge in [-0.1, -0.05) is 0 Å². The number of nitrogens with one attached hydrogen (secondary N) is 1. The maximum Gasteiger partial charge on any atom is 0.197 e. The lowest BCUT2D eigenvalue weighted by atomic mass is 10.1. The molecule has 1 saturated heterocycles. The fraction of sp³-hybridized carbons (Fsp3) is 0.353. The van der Waals surface area contributed by atoms with Gasteiger partial charge >= 0.3 is 0 Å². The zero-order valence-electron chi connectivity index (χ0n) is 15.0. The molecule has 1 aliphatic heterocycles. The molecule has 0 bridgehead atoms. The lowest BCUT2D eigenvalue weighted by Gasteiger charge is -2.16. The number of fused-ring (bicyclic) bond motifs is 1. The highest BCUT2D eigenvalue weighted by Crippen LogP contribution is 2.32. The topological polar surface area (TPSA) is 126 Å². The third kappa shape index (κ3) is 3.25. The van der Waals surface area contributed by atoms with Gasteiger partial charge in [-0.15, -0.1) is 0 Å². The molecule has 3 heterocycles. The van der Waals surface area contributed by atoms with Crippen LogP contribution in [0.3, 0.4) is 0 Å². The van der Waals surface area contributed by atoms with Crippen LogP contribution in [0.15, 0.2) is 18.7 Å². The van der Waals surface area contributed by atoms with Crippen LogP contribution in [0.25, 0.3) is 11.2 Å². The molecule has 0 aliphatic carbocycles. The van der Waals surface area contributed by atoms with Crippen LogP contribution in [0.2, 0.25) is 0 Å². The quantitative estimate of drug-likeness (QED) is 0.264. The van der Waals surface area contributed by atoms with Crippen molar-refractivity contribution in [2.75, 3.05) is 11.9 Å². The van der Waals surface area contributed by atoms with Gasteiger partial charge < -0.3 is 25.4 Å². The second-order valence-corrected chi connectivity index (χ2v) is 6.59. The number of ether oxygens (including phenoxy) is 1. The molecule has 4 rings (SSSR count). The van der Waals surface area contributed by atoms with Crippen molar-refractivity contribution in [2.45, 2.75) is 31.1 Å². The number of nitrogens with zero attached hydrogens (tertiary/aromatic N) is 4. The van der Waals surface area contributed by atoms with Gasteiger partial charge in [-0.05, 0) is 6.07 Å². The zero-order chi connectivity index (χ0) is 21.6. The number of aromatic nitrogens is 4. The standard InChI is InChI=1S/C17H15F4N5O4/c18-7-1-6(9(19)11(21)10(7)20)2-22-15-12-16(24-4-23-15)26(5-25-12)17-14(29)13(28)8(3-27)30-17/h1,4-5,8,13-14,17,27-29H,2-3H2,(H,22,23,24)/t8-,13-,14-,17-/m1/s1. The molecule has 4 atom stereocenters. The Kier molecular flexibility index (Phi) is 5.27. The van der Waals surface area contributed by atoms with Crippen LogP contribution in [-0.2, 0) is 11.3 Å². The maximum absolute atomic E-state index is 13.9. The Labute approximate surface area is 165 Å². The lowest BCUT2D eigenvalue weighted by Crippen LogP contribution is -2.33. The Bertz CT molecular complexity index is 1100.